The summed E-state index contributed by atoms with van der Waals surface area (Å²) >= 11 is 0. The molecule has 2 aliphatic rings. The minimum absolute atomic E-state index is 0.0760. The van der Waals surface area contributed by atoms with Crippen LogP contribution in [0.2, 0.25) is 0 Å². The third-order valence-electron chi connectivity index (χ3n) is 8.05. The van der Waals surface area contributed by atoms with Crippen molar-refractivity contribution in [3.63, 3.8) is 0 Å². The molecule has 0 saturated carbocycles. The number of anilines is 1. The molecule has 0 bridgehead atoms. The standard InChI is InChI=1S/C31H31FN6O3/c1-36(2)23-8-11-38(18-23)31(39)21-13-27(40-3)29(35-16-21)28-14-25-30(41-28)24(6-9-34-25)19-4-5-26(20(12-19)15-33)37-10-7-22(32)17-37/h4-6,9,12-14,16,22-23H,7-8,10-11,17-18H2,1-3H3/t22-,23+/m0/s1. The second-order valence-electron chi connectivity index (χ2n) is 10.8. The number of pyridine rings is 2. The van der Waals surface area contributed by atoms with Crippen molar-refractivity contribution < 1.29 is 18.3 Å². The number of carbonyl (C=O) groups excluding carboxylic acids is 1. The van der Waals surface area contributed by atoms with E-state index in [1.807, 2.05) is 42.1 Å². The lowest BCUT2D eigenvalue weighted by Crippen LogP contribution is -2.34. The highest BCUT2D eigenvalue weighted by atomic mass is 19.1. The van der Waals surface area contributed by atoms with E-state index < -0.39 is 6.17 Å². The zero-order valence-corrected chi connectivity index (χ0v) is 23.3. The summed E-state index contributed by atoms with van der Waals surface area (Å²) in [5, 5.41) is 9.85. The van der Waals surface area contributed by atoms with Crippen LogP contribution >= 0.6 is 0 Å². The normalized spacial score (nSPS) is 18.8. The average Bonchev–Trinajstić information content (AvgIpc) is 3.75. The van der Waals surface area contributed by atoms with Crippen molar-refractivity contribution in [1.29, 1.82) is 5.26 Å². The van der Waals surface area contributed by atoms with Crippen LogP contribution in [0, 0.1) is 11.3 Å². The van der Waals surface area contributed by atoms with Crippen LogP contribution in [0.4, 0.5) is 10.1 Å². The maximum Gasteiger partial charge on any atom is 0.255 e. The van der Waals surface area contributed by atoms with Gasteiger partial charge in [0.2, 0.25) is 0 Å². The first-order chi connectivity index (χ1) is 19.9. The molecule has 1 amide bonds. The summed E-state index contributed by atoms with van der Waals surface area (Å²) in [6.07, 6.45) is 3.77. The third-order valence-corrected chi connectivity index (χ3v) is 8.05. The van der Waals surface area contributed by atoms with Crippen molar-refractivity contribution in [3.8, 4) is 34.4 Å². The van der Waals surface area contributed by atoms with Crippen LogP contribution in [0.1, 0.15) is 28.8 Å². The molecule has 0 aliphatic carbocycles. The van der Waals surface area contributed by atoms with Crippen LogP contribution in [-0.4, -0.2) is 85.3 Å². The molecule has 2 aliphatic heterocycles. The van der Waals surface area contributed by atoms with Gasteiger partial charge in [-0.2, -0.15) is 5.26 Å². The number of amides is 1. The van der Waals surface area contributed by atoms with E-state index in [4.69, 9.17) is 9.15 Å². The number of alkyl halides is 1. The van der Waals surface area contributed by atoms with Crippen LogP contribution in [0.5, 0.6) is 5.75 Å². The number of hydrogen-bond donors (Lipinski definition) is 0. The largest absolute Gasteiger partial charge is 0.494 e. The number of likely N-dealkylation sites (N-methyl/N-ethyl adjacent to an activating group) is 1. The van der Waals surface area contributed by atoms with Gasteiger partial charge in [-0.25, -0.2) is 9.37 Å². The summed E-state index contributed by atoms with van der Waals surface area (Å²) in [5.74, 6) is 0.800. The molecule has 5 heterocycles. The van der Waals surface area contributed by atoms with Crippen molar-refractivity contribution in [2.75, 3.05) is 52.3 Å². The van der Waals surface area contributed by atoms with Gasteiger partial charge in [-0.05, 0) is 56.8 Å². The fourth-order valence-electron chi connectivity index (χ4n) is 5.72. The van der Waals surface area contributed by atoms with E-state index in [0.717, 1.165) is 23.2 Å². The number of ether oxygens (including phenoxy) is 1. The Morgan fingerprint density at radius 3 is 2.71 bits per heavy atom. The van der Waals surface area contributed by atoms with Crippen molar-refractivity contribution >= 4 is 22.7 Å². The Hall–Kier alpha value is -4.49. The van der Waals surface area contributed by atoms with Crippen molar-refractivity contribution in [2.45, 2.75) is 25.1 Å². The number of benzene rings is 1. The number of rotatable bonds is 6. The van der Waals surface area contributed by atoms with Crippen LogP contribution < -0.4 is 9.64 Å². The molecule has 2 atom stereocenters. The number of likely N-dealkylation sites (tertiary alicyclic amines) is 1. The van der Waals surface area contributed by atoms with E-state index in [0.29, 0.717) is 78.1 Å². The molecule has 10 heteroatoms. The molecule has 41 heavy (non-hydrogen) atoms. The van der Waals surface area contributed by atoms with Gasteiger partial charge in [0.05, 0.1) is 23.9 Å². The third kappa shape index (κ3) is 4.98. The van der Waals surface area contributed by atoms with Crippen LogP contribution in [0.25, 0.3) is 33.7 Å². The summed E-state index contributed by atoms with van der Waals surface area (Å²) in [6.45, 7) is 2.26. The Morgan fingerprint density at radius 2 is 2.00 bits per heavy atom. The van der Waals surface area contributed by atoms with Gasteiger partial charge in [-0.3, -0.25) is 9.78 Å². The summed E-state index contributed by atoms with van der Waals surface area (Å²) in [5.41, 5.74) is 4.85. The summed E-state index contributed by atoms with van der Waals surface area (Å²) in [7, 11) is 5.59. The van der Waals surface area contributed by atoms with Crippen molar-refractivity contribution in [1.82, 2.24) is 19.8 Å². The highest BCUT2D eigenvalue weighted by Gasteiger charge is 2.29. The zero-order valence-electron chi connectivity index (χ0n) is 23.3. The zero-order chi connectivity index (χ0) is 28.7. The van der Waals surface area contributed by atoms with E-state index in [9.17, 15) is 14.4 Å². The van der Waals surface area contributed by atoms with Gasteiger partial charge in [0.25, 0.3) is 5.91 Å². The molecule has 3 aromatic heterocycles. The predicted octanol–water partition coefficient (Wildman–Crippen LogP) is 4.76. The van der Waals surface area contributed by atoms with Gasteiger partial charge >= 0.3 is 0 Å². The maximum atomic E-state index is 13.8. The average molecular weight is 555 g/mol. The number of hydrogen-bond acceptors (Lipinski definition) is 8. The molecule has 6 rings (SSSR count). The number of nitriles is 1. The highest BCUT2D eigenvalue weighted by molar-refractivity contribution is 5.96. The molecular weight excluding hydrogens is 523 g/mol. The number of methoxy groups -OCH3 is 1. The van der Waals surface area contributed by atoms with E-state index in [1.54, 1.807) is 30.6 Å². The van der Waals surface area contributed by atoms with Gasteiger partial charge in [-0.15, -0.1) is 0 Å². The SMILES string of the molecule is COc1cc(C(=O)N2CC[C@@H](N(C)C)C2)cnc1-c1cc2nccc(-c3ccc(N4CC[C@H](F)C4)c(C#N)c3)c2o1. The predicted molar refractivity (Wildman–Crippen MR) is 154 cm³/mol. The first-order valence-corrected chi connectivity index (χ1v) is 13.7. The molecule has 2 saturated heterocycles. The van der Waals surface area contributed by atoms with Crippen LogP contribution in [-0.2, 0) is 0 Å². The number of aromatic nitrogens is 2. The molecule has 0 unspecified atom stereocenters. The Labute approximate surface area is 237 Å². The molecule has 0 spiro atoms. The number of carbonyl (C=O) groups is 1. The first-order valence-electron chi connectivity index (χ1n) is 13.7. The molecule has 4 aromatic rings. The molecule has 9 nitrogen and oxygen atoms in total. The van der Waals surface area contributed by atoms with Crippen molar-refractivity contribution in [2.24, 2.45) is 0 Å². The van der Waals surface area contributed by atoms with E-state index in [1.165, 1.54) is 7.11 Å². The Kier molecular flexibility index (Phi) is 7.05. The van der Waals surface area contributed by atoms with Gasteiger partial charge < -0.3 is 23.9 Å². The van der Waals surface area contributed by atoms with E-state index >= 15 is 0 Å². The molecule has 2 fully saturated rings. The first kappa shape index (κ1) is 26.7. The molecular formula is C31H31FN6O3. The smallest absolute Gasteiger partial charge is 0.255 e. The monoisotopic (exact) mass is 554 g/mol. The Balaban J connectivity index is 1.32. The summed E-state index contributed by atoms with van der Waals surface area (Å²) in [6, 6.07) is 13.5. The van der Waals surface area contributed by atoms with Gasteiger partial charge in [-0.1, -0.05) is 6.07 Å². The van der Waals surface area contributed by atoms with E-state index in [2.05, 4.69) is 20.9 Å². The minimum atomic E-state index is -0.879. The highest BCUT2D eigenvalue weighted by Crippen LogP contribution is 2.38. The van der Waals surface area contributed by atoms with Gasteiger partial charge in [0.1, 0.15) is 29.2 Å². The number of nitrogens with zero attached hydrogens (tertiary/aromatic N) is 6. The summed E-state index contributed by atoms with van der Waals surface area (Å²) < 4.78 is 25.7. The second-order valence-corrected chi connectivity index (χ2v) is 10.8. The quantitative estimate of drug-likeness (QED) is 0.337. The fourth-order valence-corrected chi connectivity index (χ4v) is 5.72. The second kappa shape index (κ2) is 10.8. The lowest BCUT2D eigenvalue weighted by molar-refractivity contribution is 0.0782. The Morgan fingerprint density at radius 1 is 1.15 bits per heavy atom. The maximum absolute atomic E-state index is 13.8. The summed E-state index contributed by atoms with van der Waals surface area (Å²) in [4.78, 5) is 28.1. The van der Waals surface area contributed by atoms with Crippen molar-refractivity contribution in [3.05, 3.63) is 59.9 Å². The molecule has 0 N–H and O–H groups in total. The number of fused-ring (bicyclic) bond motifs is 1. The lowest BCUT2D eigenvalue weighted by atomic mass is 10.0. The lowest BCUT2D eigenvalue weighted by Gasteiger charge is -2.20. The van der Waals surface area contributed by atoms with Gasteiger partial charge in [0, 0.05) is 56.2 Å². The number of furan rings is 1. The van der Waals surface area contributed by atoms with Gasteiger partial charge in [0.15, 0.2) is 11.3 Å². The fraction of sp³-hybridized carbons (Fsp3) is 0.355. The molecule has 210 valence electrons. The minimum Gasteiger partial charge on any atom is -0.494 e. The molecule has 1 aromatic carbocycles. The van der Waals surface area contributed by atoms with Crippen LogP contribution in [0.15, 0.2) is 53.2 Å². The number of halogens is 1. The van der Waals surface area contributed by atoms with E-state index in [-0.39, 0.29) is 5.91 Å². The molecule has 0 radical (unpaired) electrons. The topological polar surface area (TPSA) is 98.7 Å². The Bertz CT molecular complexity index is 1660. The van der Waals surface area contributed by atoms with Crippen LogP contribution in [0.3, 0.4) is 0 Å².